The van der Waals surface area contributed by atoms with Crippen LogP contribution in [0.25, 0.3) is 0 Å². The van der Waals surface area contributed by atoms with Crippen LogP contribution < -0.4 is 10.2 Å². The first-order valence-corrected chi connectivity index (χ1v) is 6.81. The summed E-state index contributed by atoms with van der Waals surface area (Å²) in [6.45, 7) is 7.24. The lowest BCUT2D eigenvalue weighted by Gasteiger charge is -2.21. The van der Waals surface area contributed by atoms with Gasteiger partial charge in [0.05, 0.1) is 0 Å². The molecule has 1 aromatic heterocycles. The lowest BCUT2D eigenvalue weighted by Crippen LogP contribution is -2.21. The van der Waals surface area contributed by atoms with Gasteiger partial charge in [0.1, 0.15) is 0 Å². The zero-order valence-corrected chi connectivity index (χ0v) is 11.6. The number of hydrogen-bond donors (Lipinski definition) is 1. The summed E-state index contributed by atoms with van der Waals surface area (Å²) in [6, 6.07) is 12.6. The molecule has 19 heavy (non-hydrogen) atoms. The highest BCUT2D eigenvalue weighted by atomic mass is 15.1. The SMILES string of the molecule is CCN(CC)c1ccc(NCc2cccnc2)cc1. The Balaban J connectivity index is 1.95. The van der Waals surface area contributed by atoms with E-state index in [0.717, 1.165) is 25.3 Å². The lowest BCUT2D eigenvalue weighted by molar-refractivity contribution is 0.866. The summed E-state index contributed by atoms with van der Waals surface area (Å²) in [6.07, 6.45) is 3.68. The van der Waals surface area contributed by atoms with Crippen LogP contribution in [0.5, 0.6) is 0 Å². The average Bonchev–Trinajstić information content (AvgIpc) is 2.49. The van der Waals surface area contributed by atoms with Crippen LogP contribution in [0.2, 0.25) is 0 Å². The number of rotatable bonds is 6. The number of benzene rings is 1. The number of aromatic nitrogens is 1. The second-order valence-corrected chi connectivity index (χ2v) is 4.43. The molecule has 0 unspecified atom stereocenters. The quantitative estimate of drug-likeness (QED) is 0.855. The number of nitrogens with one attached hydrogen (secondary N) is 1. The van der Waals surface area contributed by atoms with Crippen molar-refractivity contribution in [2.45, 2.75) is 20.4 Å². The monoisotopic (exact) mass is 255 g/mol. The van der Waals surface area contributed by atoms with E-state index in [4.69, 9.17) is 0 Å². The van der Waals surface area contributed by atoms with Gasteiger partial charge in [-0.25, -0.2) is 0 Å². The zero-order chi connectivity index (χ0) is 13.5. The summed E-state index contributed by atoms with van der Waals surface area (Å²) in [5.74, 6) is 0. The summed E-state index contributed by atoms with van der Waals surface area (Å²) in [4.78, 5) is 6.45. The van der Waals surface area contributed by atoms with Crippen molar-refractivity contribution in [2.24, 2.45) is 0 Å². The van der Waals surface area contributed by atoms with E-state index >= 15 is 0 Å². The third-order valence-corrected chi connectivity index (χ3v) is 3.22. The largest absolute Gasteiger partial charge is 0.381 e. The van der Waals surface area contributed by atoms with Crippen molar-refractivity contribution in [3.8, 4) is 0 Å². The number of anilines is 2. The highest BCUT2D eigenvalue weighted by Crippen LogP contribution is 2.18. The Labute approximate surface area is 115 Å². The molecule has 0 aliphatic heterocycles. The molecule has 0 aliphatic carbocycles. The topological polar surface area (TPSA) is 28.2 Å². The van der Waals surface area contributed by atoms with Crippen LogP contribution in [0.15, 0.2) is 48.8 Å². The van der Waals surface area contributed by atoms with Gasteiger partial charge in [-0.1, -0.05) is 6.07 Å². The maximum atomic E-state index is 4.11. The van der Waals surface area contributed by atoms with Gasteiger partial charge < -0.3 is 10.2 Å². The van der Waals surface area contributed by atoms with Crippen molar-refractivity contribution >= 4 is 11.4 Å². The third-order valence-electron chi connectivity index (χ3n) is 3.22. The van der Waals surface area contributed by atoms with Gasteiger partial charge in [-0.05, 0) is 49.7 Å². The Morgan fingerprint density at radius 2 is 1.79 bits per heavy atom. The van der Waals surface area contributed by atoms with E-state index < -0.39 is 0 Å². The second-order valence-electron chi connectivity index (χ2n) is 4.43. The van der Waals surface area contributed by atoms with E-state index in [1.54, 1.807) is 6.20 Å². The minimum atomic E-state index is 0.804. The van der Waals surface area contributed by atoms with Crippen LogP contribution in [0, 0.1) is 0 Å². The first-order chi connectivity index (χ1) is 9.33. The van der Waals surface area contributed by atoms with Crippen molar-refractivity contribution in [1.29, 1.82) is 0 Å². The van der Waals surface area contributed by atoms with Crippen LogP contribution in [0.1, 0.15) is 19.4 Å². The molecule has 0 aliphatic rings. The van der Waals surface area contributed by atoms with E-state index in [2.05, 4.69) is 59.4 Å². The molecule has 0 bridgehead atoms. The van der Waals surface area contributed by atoms with Crippen LogP contribution in [0.4, 0.5) is 11.4 Å². The average molecular weight is 255 g/mol. The molecule has 3 nitrogen and oxygen atoms in total. The highest BCUT2D eigenvalue weighted by molar-refractivity contribution is 5.55. The van der Waals surface area contributed by atoms with Crippen molar-refractivity contribution in [1.82, 2.24) is 4.98 Å². The first-order valence-electron chi connectivity index (χ1n) is 6.81. The van der Waals surface area contributed by atoms with E-state index in [9.17, 15) is 0 Å². The maximum absolute atomic E-state index is 4.11. The van der Waals surface area contributed by atoms with Crippen LogP contribution in [-0.4, -0.2) is 18.1 Å². The first kappa shape index (κ1) is 13.4. The molecule has 1 N–H and O–H groups in total. The summed E-state index contributed by atoms with van der Waals surface area (Å²) >= 11 is 0. The fraction of sp³-hybridized carbons (Fsp3) is 0.312. The molecule has 3 heteroatoms. The van der Waals surface area contributed by atoms with Crippen LogP contribution in [-0.2, 0) is 6.54 Å². The Hall–Kier alpha value is -2.03. The predicted molar refractivity (Wildman–Crippen MR) is 81.6 cm³/mol. The van der Waals surface area contributed by atoms with E-state index in [-0.39, 0.29) is 0 Å². The van der Waals surface area contributed by atoms with Gasteiger partial charge in [-0.2, -0.15) is 0 Å². The van der Waals surface area contributed by atoms with Gasteiger partial charge in [0, 0.05) is 43.4 Å². The van der Waals surface area contributed by atoms with Gasteiger partial charge >= 0.3 is 0 Å². The minimum absolute atomic E-state index is 0.804. The van der Waals surface area contributed by atoms with Crippen molar-refractivity contribution in [3.05, 3.63) is 54.4 Å². The molecule has 0 amide bonds. The molecule has 1 heterocycles. The second kappa shape index (κ2) is 6.78. The molecule has 0 radical (unpaired) electrons. The van der Waals surface area contributed by atoms with E-state index in [1.165, 1.54) is 11.3 Å². The molecule has 0 saturated carbocycles. The van der Waals surface area contributed by atoms with Crippen LogP contribution >= 0.6 is 0 Å². The third kappa shape index (κ3) is 3.71. The molecule has 0 atom stereocenters. The molecule has 100 valence electrons. The molecule has 2 rings (SSSR count). The summed E-state index contributed by atoms with van der Waals surface area (Å²) < 4.78 is 0. The fourth-order valence-corrected chi connectivity index (χ4v) is 2.09. The molecular formula is C16H21N3. The Bertz CT molecular complexity index is 475. The maximum Gasteiger partial charge on any atom is 0.0416 e. The van der Waals surface area contributed by atoms with Crippen molar-refractivity contribution in [3.63, 3.8) is 0 Å². The molecule has 0 spiro atoms. The Morgan fingerprint density at radius 1 is 1.05 bits per heavy atom. The van der Waals surface area contributed by atoms with Gasteiger partial charge in [-0.15, -0.1) is 0 Å². The van der Waals surface area contributed by atoms with Gasteiger partial charge in [-0.3, -0.25) is 4.98 Å². The standard InChI is InChI=1S/C16H21N3/c1-3-19(4-2)16-9-7-15(8-10-16)18-13-14-6-5-11-17-12-14/h5-12,18H,3-4,13H2,1-2H3. The predicted octanol–water partition coefficient (Wildman–Crippen LogP) is 3.54. The lowest BCUT2D eigenvalue weighted by atomic mass is 10.2. The minimum Gasteiger partial charge on any atom is -0.381 e. The molecular weight excluding hydrogens is 234 g/mol. The van der Waals surface area contributed by atoms with Crippen LogP contribution in [0.3, 0.4) is 0 Å². The summed E-state index contributed by atoms with van der Waals surface area (Å²) in [7, 11) is 0. The smallest absolute Gasteiger partial charge is 0.0416 e. The van der Waals surface area contributed by atoms with Crippen molar-refractivity contribution in [2.75, 3.05) is 23.3 Å². The van der Waals surface area contributed by atoms with Gasteiger partial charge in [0.15, 0.2) is 0 Å². The highest BCUT2D eigenvalue weighted by Gasteiger charge is 2.01. The molecule has 0 fully saturated rings. The summed E-state index contributed by atoms with van der Waals surface area (Å²) in [5, 5.41) is 3.40. The number of hydrogen-bond acceptors (Lipinski definition) is 3. The normalized spacial score (nSPS) is 10.2. The number of pyridine rings is 1. The fourth-order valence-electron chi connectivity index (χ4n) is 2.09. The Kier molecular flexibility index (Phi) is 4.78. The zero-order valence-electron chi connectivity index (χ0n) is 11.6. The van der Waals surface area contributed by atoms with Crippen molar-refractivity contribution < 1.29 is 0 Å². The van der Waals surface area contributed by atoms with Gasteiger partial charge in [0.2, 0.25) is 0 Å². The molecule has 2 aromatic rings. The summed E-state index contributed by atoms with van der Waals surface area (Å²) in [5.41, 5.74) is 3.60. The van der Waals surface area contributed by atoms with E-state index in [0.29, 0.717) is 0 Å². The van der Waals surface area contributed by atoms with Gasteiger partial charge in [0.25, 0.3) is 0 Å². The van der Waals surface area contributed by atoms with E-state index in [1.807, 2.05) is 12.3 Å². The number of nitrogens with zero attached hydrogens (tertiary/aromatic N) is 2. The molecule has 1 aromatic carbocycles. The Morgan fingerprint density at radius 3 is 2.37 bits per heavy atom. The molecule has 0 saturated heterocycles.